The standard InChI is InChI=1S/C10H17N3S/c1-2-9(1)12-6-5-11-4-3-10-7-14-8-13-10/h7-9,11-12H,1-6H2. The van der Waals surface area contributed by atoms with Crippen molar-refractivity contribution in [1.82, 2.24) is 15.6 Å². The van der Waals surface area contributed by atoms with Gasteiger partial charge in [0.05, 0.1) is 11.2 Å². The monoisotopic (exact) mass is 211 g/mol. The van der Waals surface area contributed by atoms with E-state index in [0.717, 1.165) is 32.1 Å². The van der Waals surface area contributed by atoms with Crippen molar-refractivity contribution in [1.29, 1.82) is 0 Å². The van der Waals surface area contributed by atoms with E-state index in [-0.39, 0.29) is 0 Å². The summed E-state index contributed by atoms with van der Waals surface area (Å²) in [6, 6.07) is 0.829. The maximum Gasteiger partial charge on any atom is 0.0794 e. The van der Waals surface area contributed by atoms with Gasteiger partial charge in [0.2, 0.25) is 0 Å². The molecule has 1 heterocycles. The third-order valence-electron chi connectivity index (χ3n) is 2.35. The van der Waals surface area contributed by atoms with Crippen LogP contribution in [0.2, 0.25) is 0 Å². The number of nitrogens with one attached hydrogen (secondary N) is 2. The summed E-state index contributed by atoms with van der Waals surface area (Å²) < 4.78 is 0. The van der Waals surface area contributed by atoms with E-state index in [2.05, 4.69) is 21.0 Å². The average Bonchev–Trinajstić information content (AvgIpc) is 2.87. The topological polar surface area (TPSA) is 37.0 Å². The fourth-order valence-electron chi connectivity index (χ4n) is 1.35. The summed E-state index contributed by atoms with van der Waals surface area (Å²) >= 11 is 1.67. The smallest absolute Gasteiger partial charge is 0.0794 e. The third-order valence-corrected chi connectivity index (χ3v) is 2.99. The van der Waals surface area contributed by atoms with E-state index in [1.165, 1.54) is 18.5 Å². The molecular formula is C10H17N3S. The Morgan fingerprint density at radius 3 is 3.00 bits per heavy atom. The molecule has 0 atom stereocenters. The van der Waals surface area contributed by atoms with Gasteiger partial charge >= 0.3 is 0 Å². The summed E-state index contributed by atoms with van der Waals surface area (Å²) in [6.45, 7) is 3.21. The lowest BCUT2D eigenvalue weighted by molar-refractivity contribution is 0.607. The molecule has 0 aromatic carbocycles. The zero-order valence-electron chi connectivity index (χ0n) is 8.33. The lowest BCUT2D eigenvalue weighted by Gasteiger charge is -2.04. The SMILES string of the molecule is c1nc(CCNCCNC2CC2)cs1. The van der Waals surface area contributed by atoms with Crippen LogP contribution in [0.25, 0.3) is 0 Å². The number of hydrogen-bond acceptors (Lipinski definition) is 4. The van der Waals surface area contributed by atoms with Crippen LogP contribution in [0.4, 0.5) is 0 Å². The lowest BCUT2D eigenvalue weighted by Crippen LogP contribution is -2.29. The van der Waals surface area contributed by atoms with Crippen molar-refractivity contribution in [3.8, 4) is 0 Å². The van der Waals surface area contributed by atoms with E-state index in [9.17, 15) is 0 Å². The van der Waals surface area contributed by atoms with Crippen molar-refractivity contribution in [2.45, 2.75) is 25.3 Å². The number of thiazole rings is 1. The Labute approximate surface area is 88.9 Å². The molecule has 1 aliphatic rings. The Kier molecular flexibility index (Phi) is 3.91. The molecule has 4 heteroatoms. The molecule has 1 aliphatic carbocycles. The van der Waals surface area contributed by atoms with Crippen LogP contribution < -0.4 is 10.6 Å². The summed E-state index contributed by atoms with van der Waals surface area (Å²) in [5.41, 5.74) is 3.10. The van der Waals surface area contributed by atoms with Crippen LogP contribution >= 0.6 is 11.3 Å². The van der Waals surface area contributed by atoms with Gasteiger partial charge in [-0.15, -0.1) is 11.3 Å². The molecule has 78 valence electrons. The maximum atomic E-state index is 4.24. The second kappa shape index (κ2) is 5.44. The van der Waals surface area contributed by atoms with Crippen molar-refractivity contribution in [2.75, 3.05) is 19.6 Å². The van der Waals surface area contributed by atoms with E-state index in [1.807, 2.05) is 5.51 Å². The fraction of sp³-hybridized carbons (Fsp3) is 0.700. The Morgan fingerprint density at radius 2 is 2.29 bits per heavy atom. The van der Waals surface area contributed by atoms with Crippen molar-refractivity contribution in [3.05, 3.63) is 16.6 Å². The van der Waals surface area contributed by atoms with Crippen LogP contribution in [-0.2, 0) is 6.42 Å². The predicted molar refractivity (Wildman–Crippen MR) is 59.7 cm³/mol. The Hall–Kier alpha value is -0.450. The predicted octanol–water partition coefficient (Wildman–Crippen LogP) is 1.03. The molecule has 1 aromatic heterocycles. The molecule has 0 amide bonds. The van der Waals surface area contributed by atoms with Gasteiger partial charge in [0.15, 0.2) is 0 Å². The Balaban J connectivity index is 1.43. The first-order valence-electron chi connectivity index (χ1n) is 5.26. The number of rotatable bonds is 7. The summed E-state index contributed by atoms with van der Waals surface area (Å²) in [5, 5.41) is 9.00. The van der Waals surface area contributed by atoms with Crippen LogP contribution in [0, 0.1) is 0 Å². The van der Waals surface area contributed by atoms with Crippen molar-refractivity contribution in [3.63, 3.8) is 0 Å². The van der Waals surface area contributed by atoms with Gasteiger partial charge in [-0.25, -0.2) is 4.98 Å². The van der Waals surface area contributed by atoms with E-state index >= 15 is 0 Å². The quantitative estimate of drug-likeness (QED) is 0.661. The normalized spacial score (nSPS) is 16.0. The molecule has 0 radical (unpaired) electrons. The Bertz CT molecular complexity index is 244. The highest BCUT2D eigenvalue weighted by Crippen LogP contribution is 2.17. The number of hydrogen-bond donors (Lipinski definition) is 2. The minimum Gasteiger partial charge on any atom is -0.315 e. The molecule has 1 fully saturated rings. The van der Waals surface area contributed by atoms with Gasteiger partial charge in [0.25, 0.3) is 0 Å². The number of nitrogens with zero attached hydrogens (tertiary/aromatic N) is 1. The third kappa shape index (κ3) is 3.74. The summed E-state index contributed by atoms with van der Waals surface area (Å²) in [6.07, 6.45) is 3.80. The second-order valence-electron chi connectivity index (χ2n) is 3.71. The molecule has 2 rings (SSSR count). The van der Waals surface area contributed by atoms with Gasteiger partial charge in [-0.3, -0.25) is 0 Å². The molecule has 2 N–H and O–H groups in total. The van der Waals surface area contributed by atoms with Gasteiger partial charge in [0.1, 0.15) is 0 Å². The van der Waals surface area contributed by atoms with Crippen LogP contribution in [0.1, 0.15) is 18.5 Å². The summed E-state index contributed by atoms with van der Waals surface area (Å²) in [4.78, 5) is 4.24. The van der Waals surface area contributed by atoms with Gasteiger partial charge in [-0.05, 0) is 12.8 Å². The molecule has 1 saturated carbocycles. The summed E-state index contributed by atoms with van der Waals surface area (Å²) in [5.74, 6) is 0. The van der Waals surface area contributed by atoms with Gasteiger partial charge in [0, 0.05) is 37.5 Å². The fourth-order valence-corrected chi connectivity index (χ4v) is 1.95. The molecule has 0 unspecified atom stereocenters. The van der Waals surface area contributed by atoms with Gasteiger partial charge in [-0.2, -0.15) is 0 Å². The second-order valence-corrected chi connectivity index (χ2v) is 4.43. The van der Waals surface area contributed by atoms with Crippen LogP contribution in [0.5, 0.6) is 0 Å². The first-order chi connectivity index (χ1) is 6.95. The molecule has 0 bridgehead atoms. The molecule has 14 heavy (non-hydrogen) atoms. The summed E-state index contributed by atoms with van der Waals surface area (Å²) in [7, 11) is 0. The highest BCUT2D eigenvalue weighted by Gasteiger charge is 2.19. The van der Waals surface area contributed by atoms with E-state index in [1.54, 1.807) is 11.3 Å². The van der Waals surface area contributed by atoms with Gasteiger partial charge < -0.3 is 10.6 Å². The number of aromatic nitrogens is 1. The van der Waals surface area contributed by atoms with E-state index in [0.29, 0.717) is 0 Å². The molecule has 0 aliphatic heterocycles. The minimum absolute atomic E-state index is 0.829. The average molecular weight is 211 g/mol. The molecule has 1 aromatic rings. The molecular weight excluding hydrogens is 194 g/mol. The minimum atomic E-state index is 0.829. The van der Waals surface area contributed by atoms with Crippen molar-refractivity contribution >= 4 is 11.3 Å². The van der Waals surface area contributed by atoms with Crippen molar-refractivity contribution in [2.24, 2.45) is 0 Å². The van der Waals surface area contributed by atoms with E-state index < -0.39 is 0 Å². The molecule has 3 nitrogen and oxygen atoms in total. The Morgan fingerprint density at radius 1 is 1.36 bits per heavy atom. The van der Waals surface area contributed by atoms with Crippen molar-refractivity contribution < 1.29 is 0 Å². The maximum absolute atomic E-state index is 4.24. The largest absolute Gasteiger partial charge is 0.315 e. The van der Waals surface area contributed by atoms with Crippen LogP contribution in [-0.4, -0.2) is 30.7 Å². The first-order valence-corrected chi connectivity index (χ1v) is 6.20. The lowest BCUT2D eigenvalue weighted by atomic mass is 10.3. The van der Waals surface area contributed by atoms with Crippen LogP contribution in [0.3, 0.4) is 0 Å². The zero-order chi connectivity index (χ0) is 9.64. The van der Waals surface area contributed by atoms with Gasteiger partial charge in [-0.1, -0.05) is 0 Å². The highest BCUT2D eigenvalue weighted by molar-refractivity contribution is 7.07. The van der Waals surface area contributed by atoms with Crippen LogP contribution in [0.15, 0.2) is 10.9 Å². The molecule has 0 saturated heterocycles. The first kappa shape index (κ1) is 10.1. The zero-order valence-corrected chi connectivity index (χ0v) is 9.15. The van der Waals surface area contributed by atoms with E-state index in [4.69, 9.17) is 0 Å². The molecule has 0 spiro atoms. The highest BCUT2D eigenvalue weighted by atomic mass is 32.1.